The fraction of sp³-hybridized carbons (Fsp3) is 0.391. The molecule has 2 heterocycles. The summed E-state index contributed by atoms with van der Waals surface area (Å²) in [6.07, 6.45) is 1.13. The molecule has 6 heteroatoms. The van der Waals surface area contributed by atoms with Gasteiger partial charge in [0.05, 0.1) is 11.3 Å². The molecule has 29 heavy (non-hydrogen) atoms. The zero-order chi connectivity index (χ0) is 20.4. The molecule has 152 valence electrons. The first-order valence-electron chi connectivity index (χ1n) is 10.1. The second kappa shape index (κ2) is 8.15. The van der Waals surface area contributed by atoms with Crippen LogP contribution in [0.15, 0.2) is 42.5 Å². The molecule has 2 aliphatic rings. The molecule has 0 unspecified atom stereocenters. The number of hydrogen-bond acceptors (Lipinski definition) is 4. The van der Waals surface area contributed by atoms with Crippen molar-refractivity contribution in [3.8, 4) is 11.5 Å². The van der Waals surface area contributed by atoms with Crippen molar-refractivity contribution in [2.75, 3.05) is 31.6 Å². The van der Waals surface area contributed by atoms with Gasteiger partial charge in [0.15, 0.2) is 11.5 Å². The van der Waals surface area contributed by atoms with Crippen LogP contribution in [0.3, 0.4) is 0 Å². The zero-order valence-electron chi connectivity index (χ0n) is 16.8. The molecule has 2 aromatic carbocycles. The summed E-state index contributed by atoms with van der Waals surface area (Å²) in [5.74, 6) is 1.81. The number of fused-ring (bicyclic) bond motifs is 1. The molecule has 0 radical (unpaired) electrons. The lowest BCUT2D eigenvalue weighted by Gasteiger charge is -2.35. The third-order valence-electron chi connectivity index (χ3n) is 5.37. The van der Waals surface area contributed by atoms with E-state index in [0.717, 1.165) is 19.5 Å². The van der Waals surface area contributed by atoms with Crippen LogP contribution in [0.4, 0.5) is 5.69 Å². The summed E-state index contributed by atoms with van der Waals surface area (Å²) in [6, 6.07) is 12.3. The second-order valence-electron chi connectivity index (χ2n) is 8.01. The monoisotopic (exact) mass is 394 g/mol. The number of hydrogen-bond donors (Lipinski definition) is 1. The minimum absolute atomic E-state index is 0.0403. The summed E-state index contributed by atoms with van der Waals surface area (Å²) in [4.78, 5) is 27.9. The third kappa shape index (κ3) is 4.21. The molecular formula is C23H26N2O4. The van der Waals surface area contributed by atoms with Crippen LogP contribution in [0.2, 0.25) is 0 Å². The van der Waals surface area contributed by atoms with Crippen molar-refractivity contribution < 1.29 is 19.1 Å². The lowest BCUT2D eigenvalue weighted by atomic mass is 9.91. The Hall–Kier alpha value is -3.02. The molecule has 6 nitrogen and oxygen atoms in total. The quantitative estimate of drug-likeness (QED) is 0.859. The van der Waals surface area contributed by atoms with Crippen molar-refractivity contribution in [1.29, 1.82) is 0 Å². The van der Waals surface area contributed by atoms with E-state index >= 15 is 0 Å². The van der Waals surface area contributed by atoms with Crippen LogP contribution in [0, 0.1) is 11.8 Å². The summed E-state index contributed by atoms with van der Waals surface area (Å²) >= 11 is 0. The van der Waals surface area contributed by atoms with Crippen molar-refractivity contribution in [2.45, 2.75) is 20.3 Å². The number of rotatable bonds is 3. The molecule has 2 amide bonds. The predicted octanol–water partition coefficient (Wildman–Crippen LogP) is 3.83. The van der Waals surface area contributed by atoms with E-state index in [1.165, 1.54) is 0 Å². The molecule has 0 saturated carbocycles. The van der Waals surface area contributed by atoms with Gasteiger partial charge in [-0.2, -0.15) is 0 Å². The molecule has 1 saturated heterocycles. The van der Waals surface area contributed by atoms with Gasteiger partial charge in [-0.1, -0.05) is 26.0 Å². The molecule has 1 N–H and O–H groups in total. The van der Waals surface area contributed by atoms with Gasteiger partial charge in [0.1, 0.15) is 13.2 Å². The number of benzene rings is 2. The van der Waals surface area contributed by atoms with Gasteiger partial charge in [-0.3, -0.25) is 9.59 Å². The molecule has 0 aliphatic carbocycles. The maximum absolute atomic E-state index is 13.2. The summed E-state index contributed by atoms with van der Waals surface area (Å²) in [5.41, 5.74) is 1.49. The summed E-state index contributed by atoms with van der Waals surface area (Å²) in [5, 5.41) is 2.89. The molecule has 0 spiro atoms. The number of amides is 2. The topological polar surface area (TPSA) is 67.9 Å². The first-order chi connectivity index (χ1) is 14.0. The van der Waals surface area contributed by atoms with E-state index in [-0.39, 0.29) is 11.8 Å². The van der Waals surface area contributed by atoms with Crippen LogP contribution < -0.4 is 14.8 Å². The third-order valence-corrected chi connectivity index (χ3v) is 5.37. The van der Waals surface area contributed by atoms with E-state index < -0.39 is 0 Å². The van der Waals surface area contributed by atoms with Gasteiger partial charge in [-0.25, -0.2) is 0 Å². The van der Waals surface area contributed by atoms with E-state index in [0.29, 0.717) is 53.4 Å². The number of anilines is 1. The zero-order valence-corrected chi connectivity index (χ0v) is 16.8. The van der Waals surface area contributed by atoms with Gasteiger partial charge >= 0.3 is 0 Å². The van der Waals surface area contributed by atoms with E-state index in [9.17, 15) is 9.59 Å². The Morgan fingerprint density at radius 2 is 1.66 bits per heavy atom. The SMILES string of the molecule is C[C@H]1C[C@H](C)CN(C(=O)c2ccccc2NC(=O)c2ccc3c(c2)OCCO3)C1. The summed E-state index contributed by atoms with van der Waals surface area (Å²) < 4.78 is 11.1. The van der Waals surface area contributed by atoms with Gasteiger partial charge in [-0.05, 0) is 48.6 Å². The van der Waals surface area contributed by atoms with Gasteiger partial charge in [0.25, 0.3) is 11.8 Å². The van der Waals surface area contributed by atoms with Crippen LogP contribution in [-0.2, 0) is 0 Å². The average molecular weight is 394 g/mol. The molecule has 0 bridgehead atoms. The highest BCUT2D eigenvalue weighted by atomic mass is 16.6. The second-order valence-corrected chi connectivity index (χ2v) is 8.01. The minimum atomic E-state index is -0.289. The molecule has 2 atom stereocenters. The van der Waals surface area contributed by atoms with Crippen LogP contribution >= 0.6 is 0 Å². The number of para-hydroxylation sites is 1. The van der Waals surface area contributed by atoms with Crippen LogP contribution in [0.25, 0.3) is 0 Å². The Morgan fingerprint density at radius 3 is 2.41 bits per heavy atom. The summed E-state index contributed by atoms with van der Waals surface area (Å²) in [7, 11) is 0. The van der Waals surface area contributed by atoms with Crippen molar-refractivity contribution in [3.63, 3.8) is 0 Å². The van der Waals surface area contributed by atoms with E-state index in [4.69, 9.17) is 9.47 Å². The Balaban J connectivity index is 1.54. The number of nitrogens with zero attached hydrogens (tertiary/aromatic N) is 1. The standard InChI is InChI=1S/C23H26N2O4/c1-15-11-16(2)14-25(13-15)23(27)18-5-3-4-6-19(18)24-22(26)17-7-8-20-21(12-17)29-10-9-28-20/h3-8,12,15-16H,9-11,13-14H2,1-2H3,(H,24,26)/t15-,16-/m0/s1. The largest absolute Gasteiger partial charge is 0.486 e. The van der Waals surface area contributed by atoms with Gasteiger partial charge in [-0.15, -0.1) is 0 Å². The fourth-order valence-corrected chi connectivity index (χ4v) is 4.16. The lowest BCUT2D eigenvalue weighted by Crippen LogP contribution is -2.42. The van der Waals surface area contributed by atoms with Gasteiger partial charge in [0.2, 0.25) is 0 Å². The maximum Gasteiger partial charge on any atom is 0.255 e. The molecule has 4 rings (SSSR count). The average Bonchev–Trinajstić information content (AvgIpc) is 2.72. The maximum atomic E-state index is 13.2. The number of carbonyl (C=O) groups excluding carboxylic acids is 2. The van der Waals surface area contributed by atoms with E-state index in [2.05, 4.69) is 19.2 Å². The van der Waals surface area contributed by atoms with Crippen molar-refractivity contribution in [1.82, 2.24) is 4.90 Å². The first-order valence-corrected chi connectivity index (χ1v) is 10.1. The number of likely N-dealkylation sites (tertiary alicyclic amines) is 1. The van der Waals surface area contributed by atoms with Gasteiger partial charge in [0, 0.05) is 18.7 Å². The van der Waals surface area contributed by atoms with Crippen molar-refractivity contribution in [3.05, 3.63) is 53.6 Å². The predicted molar refractivity (Wildman–Crippen MR) is 111 cm³/mol. The normalized spacial score (nSPS) is 20.8. The number of nitrogens with one attached hydrogen (secondary N) is 1. The highest BCUT2D eigenvalue weighted by Gasteiger charge is 2.27. The molecule has 2 aromatic rings. The first kappa shape index (κ1) is 19.3. The number of carbonyl (C=O) groups is 2. The summed E-state index contributed by atoms with van der Waals surface area (Å²) in [6.45, 7) is 6.79. The van der Waals surface area contributed by atoms with Crippen molar-refractivity contribution >= 4 is 17.5 Å². The highest BCUT2D eigenvalue weighted by Crippen LogP contribution is 2.31. The molecule has 0 aromatic heterocycles. The molecule has 2 aliphatic heterocycles. The van der Waals surface area contributed by atoms with Gasteiger partial charge < -0.3 is 19.7 Å². The number of ether oxygens (including phenoxy) is 2. The lowest BCUT2D eigenvalue weighted by molar-refractivity contribution is 0.0624. The van der Waals surface area contributed by atoms with E-state index in [1.54, 1.807) is 30.3 Å². The Morgan fingerprint density at radius 1 is 0.966 bits per heavy atom. The van der Waals surface area contributed by atoms with Crippen molar-refractivity contribution in [2.24, 2.45) is 11.8 Å². The fourth-order valence-electron chi connectivity index (χ4n) is 4.16. The Bertz CT molecular complexity index is 917. The Kier molecular flexibility index (Phi) is 5.43. The Labute approximate surface area is 170 Å². The highest BCUT2D eigenvalue weighted by molar-refractivity contribution is 6.09. The smallest absolute Gasteiger partial charge is 0.255 e. The number of piperidine rings is 1. The van der Waals surface area contributed by atoms with Crippen LogP contribution in [0.5, 0.6) is 11.5 Å². The minimum Gasteiger partial charge on any atom is -0.486 e. The van der Waals surface area contributed by atoms with E-state index in [1.807, 2.05) is 17.0 Å². The molecular weight excluding hydrogens is 368 g/mol. The van der Waals surface area contributed by atoms with Crippen LogP contribution in [0.1, 0.15) is 41.0 Å². The van der Waals surface area contributed by atoms with Crippen LogP contribution in [-0.4, -0.2) is 43.0 Å². The molecule has 1 fully saturated rings.